The van der Waals surface area contributed by atoms with E-state index in [1.165, 1.54) is 4.90 Å². The van der Waals surface area contributed by atoms with Gasteiger partial charge in [-0.25, -0.2) is 8.78 Å². The van der Waals surface area contributed by atoms with Crippen molar-refractivity contribution in [2.45, 2.75) is 12.8 Å². The van der Waals surface area contributed by atoms with Crippen LogP contribution in [0.25, 0.3) is 0 Å². The summed E-state index contributed by atoms with van der Waals surface area (Å²) in [5, 5.41) is 0. The Morgan fingerprint density at radius 3 is 2.50 bits per heavy atom. The fourth-order valence-corrected chi connectivity index (χ4v) is 1.08. The van der Waals surface area contributed by atoms with Crippen molar-refractivity contribution in [2.24, 2.45) is 5.92 Å². The lowest BCUT2D eigenvalue weighted by Crippen LogP contribution is -2.25. The van der Waals surface area contributed by atoms with Gasteiger partial charge in [-0.1, -0.05) is 0 Å². The van der Waals surface area contributed by atoms with E-state index < -0.39 is 18.3 Å². The largest absolute Gasteiger partial charge is 0.345 e. The first kappa shape index (κ1) is 7.44. The van der Waals surface area contributed by atoms with E-state index in [2.05, 4.69) is 0 Å². The third kappa shape index (κ3) is 1.10. The van der Waals surface area contributed by atoms with Crippen molar-refractivity contribution in [3.8, 4) is 0 Å². The minimum absolute atomic E-state index is 0.299. The number of halogens is 2. The highest BCUT2D eigenvalue weighted by Gasteiger charge is 2.35. The topological polar surface area (TPSA) is 20.3 Å². The number of hydrogen-bond acceptors (Lipinski definition) is 1. The van der Waals surface area contributed by atoms with Crippen LogP contribution in [-0.4, -0.2) is 30.8 Å². The van der Waals surface area contributed by atoms with Gasteiger partial charge >= 0.3 is 0 Å². The summed E-state index contributed by atoms with van der Waals surface area (Å²) < 4.78 is 23.8. The lowest BCUT2D eigenvalue weighted by atomic mass is 10.1. The van der Waals surface area contributed by atoms with Crippen molar-refractivity contribution in [3.63, 3.8) is 0 Å². The Morgan fingerprint density at radius 2 is 2.30 bits per heavy atom. The van der Waals surface area contributed by atoms with E-state index in [9.17, 15) is 13.6 Å². The summed E-state index contributed by atoms with van der Waals surface area (Å²) in [6.07, 6.45) is -2.19. The van der Waals surface area contributed by atoms with Gasteiger partial charge in [0, 0.05) is 13.6 Å². The highest BCUT2D eigenvalue weighted by Crippen LogP contribution is 2.22. The van der Waals surface area contributed by atoms with Gasteiger partial charge in [-0.2, -0.15) is 0 Å². The van der Waals surface area contributed by atoms with Crippen LogP contribution in [0.1, 0.15) is 6.42 Å². The summed E-state index contributed by atoms with van der Waals surface area (Å²) in [4.78, 5) is 12.1. The van der Waals surface area contributed by atoms with E-state index in [1.54, 1.807) is 7.05 Å². The number of rotatable bonds is 1. The van der Waals surface area contributed by atoms with Gasteiger partial charge in [0.2, 0.25) is 12.3 Å². The second kappa shape index (κ2) is 2.52. The van der Waals surface area contributed by atoms with Crippen LogP contribution >= 0.6 is 0 Å². The molecule has 0 aliphatic carbocycles. The number of alkyl halides is 2. The van der Waals surface area contributed by atoms with Gasteiger partial charge in [0.1, 0.15) is 5.92 Å². The highest BCUT2D eigenvalue weighted by atomic mass is 19.3. The average Bonchev–Trinajstić information content (AvgIpc) is 2.14. The Hall–Kier alpha value is -0.670. The van der Waals surface area contributed by atoms with Crippen LogP contribution in [0.15, 0.2) is 0 Å². The van der Waals surface area contributed by atoms with E-state index in [-0.39, 0.29) is 0 Å². The molecule has 0 aromatic carbocycles. The van der Waals surface area contributed by atoms with Gasteiger partial charge < -0.3 is 4.90 Å². The second-order valence-electron chi connectivity index (χ2n) is 2.49. The van der Waals surface area contributed by atoms with Crippen LogP contribution in [0.4, 0.5) is 8.78 Å². The average molecular weight is 149 g/mol. The highest BCUT2D eigenvalue weighted by molar-refractivity contribution is 5.80. The maximum absolute atomic E-state index is 11.9. The van der Waals surface area contributed by atoms with E-state index in [1.807, 2.05) is 0 Å². The quantitative estimate of drug-likeness (QED) is 0.538. The summed E-state index contributed by atoms with van der Waals surface area (Å²) in [5.41, 5.74) is 0. The second-order valence-corrected chi connectivity index (χ2v) is 2.49. The Balaban J connectivity index is 2.57. The molecule has 1 rings (SSSR count). The molecule has 0 aromatic rings. The minimum atomic E-state index is -2.49. The fourth-order valence-electron chi connectivity index (χ4n) is 1.08. The normalized spacial score (nSPS) is 26.6. The number of carbonyl (C=O) groups excluding carboxylic acids is 1. The number of likely N-dealkylation sites (tertiary alicyclic amines) is 1. The predicted molar refractivity (Wildman–Crippen MR) is 31.7 cm³/mol. The molecule has 0 N–H and O–H groups in total. The lowest BCUT2D eigenvalue weighted by molar-refractivity contribution is -0.133. The maximum atomic E-state index is 11.9. The van der Waals surface area contributed by atoms with Crippen LogP contribution in [-0.2, 0) is 4.79 Å². The molecule has 1 aliphatic rings. The molecule has 1 aliphatic heterocycles. The molecule has 1 heterocycles. The lowest BCUT2D eigenvalue weighted by Gasteiger charge is -2.08. The standard InChI is InChI=1S/C6H9F2NO/c1-9-3-2-4(5(7)8)6(9)10/h4-5H,2-3H2,1H3. The third-order valence-electron chi connectivity index (χ3n) is 1.77. The molecule has 10 heavy (non-hydrogen) atoms. The monoisotopic (exact) mass is 149 g/mol. The molecule has 1 fully saturated rings. The molecule has 0 saturated carbocycles. The molecule has 0 aromatic heterocycles. The molecule has 0 radical (unpaired) electrons. The molecule has 2 nitrogen and oxygen atoms in total. The molecule has 1 unspecified atom stereocenters. The van der Waals surface area contributed by atoms with E-state index in [0.29, 0.717) is 13.0 Å². The zero-order chi connectivity index (χ0) is 7.72. The van der Waals surface area contributed by atoms with Crippen LogP contribution in [0.3, 0.4) is 0 Å². The molecule has 1 saturated heterocycles. The molecule has 58 valence electrons. The summed E-state index contributed by atoms with van der Waals surface area (Å²) in [6, 6.07) is 0. The SMILES string of the molecule is CN1CCC(C(F)F)C1=O. The van der Waals surface area contributed by atoms with Gasteiger partial charge in [0.15, 0.2) is 0 Å². The molecular weight excluding hydrogens is 140 g/mol. The first-order valence-electron chi connectivity index (χ1n) is 3.16. The molecule has 4 heteroatoms. The van der Waals surface area contributed by atoms with E-state index >= 15 is 0 Å². The number of amides is 1. The molecule has 0 spiro atoms. The summed E-state index contributed by atoms with van der Waals surface area (Å²) in [7, 11) is 1.55. The van der Waals surface area contributed by atoms with Gasteiger partial charge in [0.05, 0.1) is 0 Å². The summed E-state index contributed by atoms with van der Waals surface area (Å²) in [6.45, 7) is 0.466. The summed E-state index contributed by atoms with van der Waals surface area (Å²) >= 11 is 0. The Labute approximate surface area is 57.8 Å². The van der Waals surface area contributed by atoms with Gasteiger partial charge in [-0.3, -0.25) is 4.79 Å². The molecule has 0 bridgehead atoms. The maximum Gasteiger partial charge on any atom is 0.250 e. The van der Waals surface area contributed by atoms with Crippen molar-refractivity contribution in [2.75, 3.05) is 13.6 Å². The van der Waals surface area contributed by atoms with E-state index in [0.717, 1.165) is 0 Å². The Morgan fingerprint density at radius 1 is 1.70 bits per heavy atom. The van der Waals surface area contributed by atoms with Gasteiger partial charge in [0.25, 0.3) is 0 Å². The molecule has 1 amide bonds. The number of nitrogens with zero attached hydrogens (tertiary/aromatic N) is 1. The van der Waals surface area contributed by atoms with Crippen LogP contribution in [0, 0.1) is 5.92 Å². The van der Waals surface area contributed by atoms with Crippen molar-refractivity contribution < 1.29 is 13.6 Å². The minimum Gasteiger partial charge on any atom is -0.345 e. The first-order chi connectivity index (χ1) is 4.63. The zero-order valence-electron chi connectivity index (χ0n) is 5.68. The molecule has 1 atom stereocenters. The van der Waals surface area contributed by atoms with Crippen LogP contribution in [0.5, 0.6) is 0 Å². The number of carbonyl (C=O) groups is 1. The van der Waals surface area contributed by atoms with Crippen molar-refractivity contribution >= 4 is 5.91 Å². The van der Waals surface area contributed by atoms with E-state index in [4.69, 9.17) is 0 Å². The predicted octanol–water partition coefficient (Wildman–Crippen LogP) is 0.730. The van der Waals surface area contributed by atoms with Gasteiger partial charge in [-0.15, -0.1) is 0 Å². The first-order valence-corrected chi connectivity index (χ1v) is 3.16. The van der Waals surface area contributed by atoms with Crippen molar-refractivity contribution in [1.82, 2.24) is 4.90 Å². The molecular formula is C6H9F2NO. The Bertz CT molecular complexity index is 149. The van der Waals surface area contributed by atoms with Gasteiger partial charge in [-0.05, 0) is 6.42 Å². The number of hydrogen-bond donors (Lipinski definition) is 0. The fraction of sp³-hybridized carbons (Fsp3) is 0.833. The smallest absolute Gasteiger partial charge is 0.250 e. The Kier molecular flexibility index (Phi) is 1.87. The van der Waals surface area contributed by atoms with Crippen LogP contribution < -0.4 is 0 Å². The van der Waals surface area contributed by atoms with Crippen molar-refractivity contribution in [3.05, 3.63) is 0 Å². The zero-order valence-corrected chi connectivity index (χ0v) is 5.68. The summed E-state index contributed by atoms with van der Waals surface area (Å²) in [5.74, 6) is -1.46. The third-order valence-corrected chi connectivity index (χ3v) is 1.77. The van der Waals surface area contributed by atoms with Crippen LogP contribution in [0.2, 0.25) is 0 Å². The van der Waals surface area contributed by atoms with Crippen molar-refractivity contribution in [1.29, 1.82) is 0 Å².